The van der Waals surface area contributed by atoms with Crippen LogP contribution in [0.5, 0.6) is 5.75 Å². The molecule has 1 aliphatic rings. The van der Waals surface area contributed by atoms with Gasteiger partial charge in [-0.05, 0) is 45.9 Å². The fourth-order valence-electron chi connectivity index (χ4n) is 2.43. The van der Waals surface area contributed by atoms with Gasteiger partial charge in [-0.2, -0.15) is 0 Å². The summed E-state index contributed by atoms with van der Waals surface area (Å²) in [6, 6.07) is 7.35. The topological polar surface area (TPSA) is 24.5 Å². The monoisotopic (exact) mass is 340 g/mol. The van der Waals surface area contributed by atoms with E-state index in [4.69, 9.17) is 4.74 Å². The summed E-state index contributed by atoms with van der Waals surface area (Å²) in [6.45, 7) is 7.35. The van der Waals surface area contributed by atoms with Gasteiger partial charge < -0.3 is 15.0 Å². The molecular weight excluding hydrogens is 316 g/mol. The maximum Gasteiger partial charge on any atom is 0.125 e. The van der Waals surface area contributed by atoms with Gasteiger partial charge in [0.15, 0.2) is 0 Å². The first-order chi connectivity index (χ1) is 9.58. The van der Waals surface area contributed by atoms with E-state index in [9.17, 15) is 0 Å². The summed E-state index contributed by atoms with van der Waals surface area (Å²) in [7, 11) is 2.17. The molecule has 0 saturated carbocycles. The highest BCUT2D eigenvalue weighted by molar-refractivity contribution is 9.10. The van der Waals surface area contributed by atoms with E-state index in [0.717, 1.165) is 42.8 Å². The van der Waals surface area contributed by atoms with Crippen LogP contribution in [-0.4, -0.2) is 37.7 Å². The number of hydrogen-bond acceptors (Lipinski definition) is 3. The zero-order chi connectivity index (χ0) is 14.5. The van der Waals surface area contributed by atoms with Crippen LogP contribution in [0, 0.1) is 0 Å². The van der Waals surface area contributed by atoms with Crippen LogP contribution in [0.3, 0.4) is 0 Å². The molecule has 0 saturated heterocycles. The maximum atomic E-state index is 5.84. The lowest BCUT2D eigenvalue weighted by Gasteiger charge is -2.24. The summed E-state index contributed by atoms with van der Waals surface area (Å²) in [4.78, 5) is 2.36. The van der Waals surface area contributed by atoms with E-state index in [0.29, 0.717) is 12.1 Å². The van der Waals surface area contributed by atoms with Crippen LogP contribution in [0.15, 0.2) is 22.7 Å². The minimum absolute atomic E-state index is 0.404. The van der Waals surface area contributed by atoms with Gasteiger partial charge >= 0.3 is 0 Å². The summed E-state index contributed by atoms with van der Waals surface area (Å²) in [5, 5.41) is 3.69. The van der Waals surface area contributed by atoms with Crippen molar-refractivity contribution >= 4 is 15.9 Å². The Morgan fingerprint density at radius 1 is 1.45 bits per heavy atom. The number of likely N-dealkylation sites (N-methyl/N-ethyl adjacent to an activating group) is 1. The quantitative estimate of drug-likeness (QED) is 0.886. The molecule has 0 bridgehead atoms. The van der Waals surface area contributed by atoms with E-state index in [1.54, 1.807) is 0 Å². The summed E-state index contributed by atoms with van der Waals surface area (Å²) < 4.78 is 6.92. The molecule has 0 fully saturated rings. The molecule has 1 heterocycles. The largest absolute Gasteiger partial charge is 0.493 e. The number of benzene rings is 1. The predicted octanol–water partition coefficient (Wildman–Crippen LogP) is 3.59. The van der Waals surface area contributed by atoms with Crippen LogP contribution < -0.4 is 10.1 Å². The van der Waals surface area contributed by atoms with Crippen molar-refractivity contribution in [3.63, 3.8) is 0 Å². The molecule has 1 N–H and O–H groups in total. The number of nitrogens with zero attached hydrogens (tertiary/aromatic N) is 1. The van der Waals surface area contributed by atoms with Crippen molar-refractivity contribution in [2.75, 3.05) is 26.7 Å². The molecule has 2 rings (SSSR count). The van der Waals surface area contributed by atoms with E-state index in [-0.39, 0.29) is 0 Å². The SMILES string of the molecule is CC(C)N(C)CCNC1CCCOc2cc(Br)ccc21. The second-order valence-corrected chi connectivity index (χ2v) is 6.67. The summed E-state index contributed by atoms with van der Waals surface area (Å²) >= 11 is 3.52. The van der Waals surface area contributed by atoms with E-state index in [1.165, 1.54) is 5.56 Å². The number of fused-ring (bicyclic) bond motifs is 1. The smallest absolute Gasteiger partial charge is 0.125 e. The highest BCUT2D eigenvalue weighted by Crippen LogP contribution is 2.33. The summed E-state index contributed by atoms with van der Waals surface area (Å²) in [5.74, 6) is 1.02. The van der Waals surface area contributed by atoms with Gasteiger partial charge in [0.05, 0.1) is 6.61 Å². The lowest BCUT2D eigenvalue weighted by molar-refractivity contribution is 0.267. The van der Waals surface area contributed by atoms with Crippen molar-refractivity contribution in [3.05, 3.63) is 28.2 Å². The molecule has 0 radical (unpaired) electrons. The van der Waals surface area contributed by atoms with E-state index in [1.807, 2.05) is 0 Å². The molecule has 20 heavy (non-hydrogen) atoms. The molecule has 3 nitrogen and oxygen atoms in total. The Bertz CT molecular complexity index is 436. The minimum Gasteiger partial charge on any atom is -0.493 e. The van der Waals surface area contributed by atoms with Crippen LogP contribution in [0.2, 0.25) is 0 Å². The fourth-order valence-corrected chi connectivity index (χ4v) is 2.77. The maximum absolute atomic E-state index is 5.84. The highest BCUT2D eigenvalue weighted by atomic mass is 79.9. The van der Waals surface area contributed by atoms with Gasteiger partial charge in [-0.1, -0.05) is 22.0 Å². The zero-order valence-corrected chi connectivity index (χ0v) is 14.2. The lowest BCUT2D eigenvalue weighted by atomic mass is 10.0. The van der Waals surface area contributed by atoms with Crippen LogP contribution in [-0.2, 0) is 0 Å². The number of rotatable bonds is 5. The average Bonchev–Trinajstić information content (AvgIpc) is 2.60. The van der Waals surface area contributed by atoms with Gasteiger partial charge in [0.1, 0.15) is 5.75 Å². The molecule has 0 aromatic heterocycles. The third kappa shape index (κ3) is 4.21. The fraction of sp³-hybridized carbons (Fsp3) is 0.625. The zero-order valence-electron chi connectivity index (χ0n) is 12.7. The van der Waals surface area contributed by atoms with Gasteiger partial charge in [0.25, 0.3) is 0 Å². The van der Waals surface area contributed by atoms with Crippen LogP contribution >= 0.6 is 15.9 Å². The molecular formula is C16H25BrN2O. The number of halogens is 1. The Hall–Kier alpha value is -0.580. The minimum atomic E-state index is 0.404. The first-order valence-electron chi connectivity index (χ1n) is 7.44. The summed E-state index contributed by atoms with van der Waals surface area (Å²) in [5.41, 5.74) is 1.29. The number of nitrogens with one attached hydrogen (secondary N) is 1. The predicted molar refractivity (Wildman–Crippen MR) is 87.4 cm³/mol. The Balaban J connectivity index is 1.98. The van der Waals surface area contributed by atoms with E-state index < -0.39 is 0 Å². The van der Waals surface area contributed by atoms with E-state index >= 15 is 0 Å². The Morgan fingerprint density at radius 3 is 3.00 bits per heavy atom. The molecule has 1 aromatic rings. The van der Waals surface area contributed by atoms with Crippen molar-refractivity contribution in [3.8, 4) is 5.75 Å². The van der Waals surface area contributed by atoms with Crippen LogP contribution in [0.4, 0.5) is 0 Å². The molecule has 112 valence electrons. The van der Waals surface area contributed by atoms with Crippen molar-refractivity contribution in [1.82, 2.24) is 10.2 Å². The molecule has 0 spiro atoms. The Morgan fingerprint density at radius 2 is 2.25 bits per heavy atom. The molecule has 1 atom stereocenters. The van der Waals surface area contributed by atoms with Gasteiger partial charge in [-0.15, -0.1) is 0 Å². The third-order valence-electron chi connectivity index (χ3n) is 3.98. The third-order valence-corrected chi connectivity index (χ3v) is 4.48. The molecule has 1 unspecified atom stereocenters. The average molecular weight is 341 g/mol. The second-order valence-electron chi connectivity index (χ2n) is 5.75. The molecule has 4 heteroatoms. The standard InChI is InChI=1S/C16H25BrN2O/c1-12(2)19(3)9-8-18-15-5-4-10-20-16-11-13(17)6-7-14(15)16/h6-7,11-12,15,18H,4-5,8-10H2,1-3H3. The molecule has 1 aromatic carbocycles. The first-order valence-corrected chi connectivity index (χ1v) is 8.23. The Labute approximate surface area is 130 Å². The molecule has 1 aliphatic heterocycles. The van der Waals surface area contributed by atoms with Gasteiger partial charge in [0, 0.05) is 35.2 Å². The Kier molecular flexibility index (Phi) is 5.87. The van der Waals surface area contributed by atoms with Crippen molar-refractivity contribution < 1.29 is 4.74 Å². The molecule has 0 amide bonds. The van der Waals surface area contributed by atoms with Crippen molar-refractivity contribution in [2.24, 2.45) is 0 Å². The second kappa shape index (κ2) is 7.43. The van der Waals surface area contributed by atoms with Gasteiger partial charge in [-0.25, -0.2) is 0 Å². The first kappa shape index (κ1) is 15.8. The van der Waals surface area contributed by atoms with Gasteiger partial charge in [0.2, 0.25) is 0 Å². The normalized spacial score (nSPS) is 18.8. The lowest BCUT2D eigenvalue weighted by Crippen LogP contribution is -2.35. The van der Waals surface area contributed by atoms with E-state index in [2.05, 4.69) is 65.2 Å². The van der Waals surface area contributed by atoms with Gasteiger partial charge in [-0.3, -0.25) is 0 Å². The highest BCUT2D eigenvalue weighted by Gasteiger charge is 2.19. The van der Waals surface area contributed by atoms with Crippen molar-refractivity contribution in [1.29, 1.82) is 0 Å². The molecule has 0 aliphatic carbocycles. The number of hydrogen-bond donors (Lipinski definition) is 1. The van der Waals surface area contributed by atoms with Crippen molar-refractivity contribution in [2.45, 2.75) is 38.8 Å². The van der Waals surface area contributed by atoms with Crippen LogP contribution in [0.25, 0.3) is 0 Å². The number of ether oxygens (including phenoxy) is 1. The summed E-state index contributed by atoms with van der Waals surface area (Å²) in [6.07, 6.45) is 2.24. The van der Waals surface area contributed by atoms with Crippen LogP contribution in [0.1, 0.15) is 38.3 Å².